The van der Waals surface area contributed by atoms with Gasteiger partial charge in [-0.15, -0.1) is 11.3 Å². The first-order valence-electron chi connectivity index (χ1n) is 8.96. The van der Waals surface area contributed by atoms with E-state index in [1.165, 1.54) is 16.9 Å². The zero-order chi connectivity index (χ0) is 18.2. The molecule has 1 aliphatic heterocycles. The monoisotopic (exact) mass is 372 g/mol. The van der Waals surface area contributed by atoms with E-state index in [2.05, 4.69) is 10.2 Å². The lowest BCUT2D eigenvalue weighted by atomic mass is 10.1. The van der Waals surface area contributed by atoms with Crippen molar-refractivity contribution in [3.63, 3.8) is 0 Å². The van der Waals surface area contributed by atoms with E-state index >= 15 is 0 Å². The van der Waals surface area contributed by atoms with E-state index < -0.39 is 0 Å². The van der Waals surface area contributed by atoms with Crippen LogP contribution in [-0.4, -0.2) is 49.4 Å². The van der Waals surface area contributed by atoms with E-state index in [-0.39, 0.29) is 24.5 Å². The highest BCUT2D eigenvalue weighted by atomic mass is 32.1. The van der Waals surface area contributed by atoms with Gasteiger partial charge in [-0.3, -0.25) is 14.5 Å². The fourth-order valence-corrected chi connectivity index (χ4v) is 3.57. The Labute approximate surface area is 158 Å². The molecule has 0 spiro atoms. The standard InChI is InChI=1S/C20H24N2O3S/c23-18(19-2-1-15-26-19)7-8-20(24)21-17-5-3-16(4-6-17)9-10-22-11-13-25-14-12-22/h1-6,15H,7-14H2,(H,21,24). The minimum atomic E-state index is -0.129. The molecule has 0 atom stereocenters. The number of thiophene rings is 1. The van der Waals surface area contributed by atoms with Gasteiger partial charge in [0.2, 0.25) is 5.91 Å². The molecule has 1 saturated heterocycles. The summed E-state index contributed by atoms with van der Waals surface area (Å²) in [7, 11) is 0. The average molecular weight is 372 g/mol. The minimum absolute atomic E-state index is 0.0219. The number of hydrogen-bond donors (Lipinski definition) is 1. The number of carbonyl (C=O) groups excluding carboxylic acids is 2. The van der Waals surface area contributed by atoms with Crippen molar-refractivity contribution in [3.8, 4) is 0 Å². The molecule has 1 aromatic heterocycles. The number of Topliss-reactive ketones (excluding diaryl/α,β-unsaturated/α-hetero) is 1. The summed E-state index contributed by atoms with van der Waals surface area (Å²) in [4.78, 5) is 27.1. The summed E-state index contributed by atoms with van der Waals surface area (Å²) in [6.45, 7) is 4.66. The highest BCUT2D eigenvalue weighted by molar-refractivity contribution is 7.12. The molecule has 1 fully saturated rings. The van der Waals surface area contributed by atoms with Gasteiger partial charge < -0.3 is 10.1 Å². The molecule has 138 valence electrons. The fourth-order valence-electron chi connectivity index (χ4n) is 2.88. The van der Waals surface area contributed by atoms with E-state index in [9.17, 15) is 9.59 Å². The number of hydrogen-bond acceptors (Lipinski definition) is 5. The van der Waals surface area contributed by atoms with Crippen LogP contribution in [0, 0.1) is 0 Å². The molecule has 1 N–H and O–H groups in total. The van der Waals surface area contributed by atoms with Crippen molar-refractivity contribution in [2.75, 3.05) is 38.2 Å². The smallest absolute Gasteiger partial charge is 0.224 e. The average Bonchev–Trinajstić information content (AvgIpc) is 3.21. The lowest BCUT2D eigenvalue weighted by molar-refractivity contribution is -0.116. The third-order valence-corrected chi connectivity index (χ3v) is 5.34. The lowest BCUT2D eigenvalue weighted by Crippen LogP contribution is -2.37. The van der Waals surface area contributed by atoms with Gasteiger partial charge in [0.05, 0.1) is 18.1 Å². The van der Waals surface area contributed by atoms with Crippen LogP contribution in [0.4, 0.5) is 5.69 Å². The van der Waals surface area contributed by atoms with Crippen LogP contribution in [0.2, 0.25) is 0 Å². The molecule has 0 radical (unpaired) electrons. The number of anilines is 1. The number of morpholine rings is 1. The van der Waals surface area contributed by atoms with Crippen LogP contribution in [0.5, 0.6) is 0 Å². The second-order valence-corrected chi connectivity index (χ2v) is 7.30. The zero-order valence-electron chi connectivity index (χ0n) is 14.8. The maximum atomic E-state index is 12.0. The van der Waals surface area contributed by atoms with Crippen molar-refractivity contribution in [2.24, 2.45) is 0 Å². The Bertz CT molecular complexity index is 707. The molecule has 0 bridgehead atoms. The molecule has 5 nitrogen and oxygen atoms in total. The fraction of sp³-hybridized carbons (Fsp3) is 0.400. The Balaban J connectivity index is 1.40. The van der Waals surface area contributed by atoms with Crippen LogP contribution in [0.15, 0.2) is 41.8 Å². The molecular weight excluding hydrogens is 348 g/mol. The second kappa shape index (κ2) is 9.62. The number of ketones is 1. The number of ether oxygens (including phenoxy) is 1. The Hall–Kier alpha value is -2.02. The molecule has 1 aromatic carbocycles. The van der Waals surface area contributed by atoms with E-state index in [1.54, 1.807) is 6.07 Å². The molecule has 26 heavy (non-hydrogen) atoms. The maximum Gasteiger partial charge on any atom is 0.224 e. The number of benzene rings is 1. The summed E-state index contributed by atoms with van der Waals surface area (Å²) in [5.74, 6) is -0.107. The van der Waals surface area contributed by atoms with Gasteiger partial charge in [-0.25, -0.2) is 0 Å². The normalized spacial score (nSPS) is 14.9. The van der Waals surface area contributed by atoms with Gasteiger partial charge in [-0.2, -0.15) is 0 Å². The highest BCUT2D eigenvalue weighted by Gasteiger charge is 2.11. The summed E-state index contributed by atoms with van der Waals surface area (Å²) in [6.07, 6.45) is 1.43. The second-order valence-electron chi connectivity index (χ2n) is 6.35. The number of carbonyl (C=O) groups is 2. The predicted octanol–water partition coefficient (Wildman–Crippen LogP) is 3.22. The molecule has 1 amide bonds. The van der Waals surface area contributed by atoms with Crippen LogP contribution in [0.3, 0.4) is 0 Å². The first-order chi connectivity index (χ1) is 12.7. The van der Waals surface area contributed by atoms with Crippen molar-refractivity contribution >= 4 is 28.7 Å². The first kappa shape index (κ1) is 18.8. The number of nitrogens with one attached hydrogen (secondary N) is 1. The van der Waals surface area contributed by atoms with Gasteiger partial charge in [0.1, 0.15) is 0 Å². The predicted molar refractivity (Wildman–Crippen MR) is 104 cm³/mol. The molecule has 3 rings (SSSR count). The van der Waals surface area contributed by atoms with Crippen LogP contribution in [0.1, 0.15) is 28.1 Å². The van der Waals surface area contributed by atoms with Gasteiger partial charge in [-0.1, -0.05) is 18.2 Å². The van der Waals surface area contributed by atoms with Crippen molar-refractivity contribution in [2.45, 2.75) is 19.3 Å². The molecular formula is C20H24N2O3S. The number of rotatable bonds is 8. The van der Waals surface area contributed by atoms with Gasteiger partial charge in [0.25, 0.3) is 0 Å². The Morgan fingerprint density at radius 2 is 1.85 bits per heavy atom. The van der Waals surface area contributed by atoms with Gasteiger partial charge in [0.15, 0.2) is 5.78 Å². The Morgan fingerprint density at radius 1 is 1.08 bits per heavy atom. The lowest BCUT2D eigenvalue weighted by Gasteiger charge is -2.26. The number of amides is 1. The van der Waals surface area contributed by atoms with Crippen molar-refractivity contribution < 1.29 is 14.3 Å². The maximum absolute atomic E-state index is 12.0. The summed E-state index contributed by atoms with van der Waals surface area (Å²) < 4.78 is 5.36. The molecule has 0 aliphatic carbocycles. The molecule has 0 saturated carbocycles. The van der Waals surface area contributed by atoms with E-state index in [0.29, 0.717) is 4.88 Å². The van der Waals surface area contributed by atoms with Crippen molar-refractivity contribution in [1.82, 2.24) is 4.90 Å². The molecule has 2 aromatic rings. The minimum Gasteiger partial charge on any atom is -0.379 e. The van der Waals surface area contributed by atoms with Crippen molar-refractivity contribution in [1.29, 1.82) is 0 Å². The van der Waals surface area contributed by atoms with Gasteiger partial charge >= 0.3 is 0 Å². The zero-order valence-corrected chi connectivity index (χ0v) is 15.6. The van der Waals surface area contributed by atoms with Crippen LogP contribution in [-0.2, 0) is 16.0 Å². The van der Waals surface area contributed by atoms with Gasteiger partial charge in [0, 0.05) is 38.2 Å². The molecule has 6 heteroatoms. The third kappa shape index (κ3) is 5.76. The first-order valence-corrected chi connectivity index (χ1v) is 9.84. The van der Waals surface area contributed by atoms with Crippen LogP contribution in [0.25, 0.3) is 0 Å². The van der Waals surface area contributed by atoms with Gasteiger partial charge in [-0.05, 0) is 35.6 Å². The SMILES string of the molecule is O=C(CCC(=O)c1cccs1)Nc1ccc(CCN2CCOCC2)cc1. The quantitative estimate of drug-likeness (QED) is 0.723. The highest BCUT2D eigenvalue weighted by Crippen LogP contribution is 2.14. The Morgan fingerprint density at radius 3 is 2.54 bits per heavy atom. The summed E-state index contributed by atoms with van der Waals surface area (Å²) in [5, 5.41) is 4.73. The van der Waals surface area contributed by atoms with Crippen molar-refractivity contribution in [3.05, 3.63) is 52.2 Å². The van der Waals surface area contributed by atoms with E-state index in [1.807, 2.05) is 35.7 Å². The summed E-state index contributed by atoms with van der Waals surface area (Å²) in [6, 6.07) is 11.6. The summed E-state index contributed by atoms with van der Waals surface area (Å²) >= 11 is 1.41. The van der Waals surface area contributed by atoms with Crippen LogP contribution < -0.4 is 5.32 Å². The van der Waals surface area contributed by atoms with E-state index in [4.69, 9.17) is 4.74 Å². The van der Waals surface area contributed by atoms with E-state index in [0.717, 1.165) is 45.0 Å². The number of nitrogens with zero attached hydrogens (tertiary/aromatic N) is 1. The third-order valence-electron chi connectivity index (χ3n) is 4.43. The molecule has 0 unspecified atom stereocenters. The Kier molecular flexibility index (Phi) is 6.94. The topological polar surface area (TPSA) is 58.6 Å². The molecule has 2 heterocycles. The van der Waals surface area contributed by atoms with Crippen LogP contribution >= 0.6 is 11.3 Å². The largest absolute Gasteiger partial charge is 0.379 e. The summed E-state index contributed by atoms with van der Waals surface area (Å²) in [5.41, 5.74) is 2.02. The molecule has 1 aliphatic rings.